The third-order valence-electron chi connectivity index (χ3n) is 20.5. The average molecular weight is 1860 g/mol. The number of nitrogens with zero attached hydrogens (tertiary/aromatic N) is 1. The second-order valence-electron chi connectivity index (χ2n) is 30.1. The van der Waals surface area contributed by atoms with Gasteiger partial charge in [0.05, 0.1) is 114 Å². The quantitative estimate of drug-likeness (QED) is 0.00607. The number of hydrogen-bond donors (Lipinski definition) is 11. The Hall–Kier alpha value is -7.33. The molecule has 0 saturated carbocycles. The Balaban J connectivity index is 0.00000983. The van der Waals surface area contributed by atoms with Crippen molar-refractivity contribution in [2.24, 2.45) is 0 Å². The molecule has 0 bridgehead atoms. The second kappa shape index (κ2) is 60.7. The molecule has 12 N–H and O–H groups in total. The van der Waals surface area contributed by atoms with Crippen molar-refractivity contribution in [1.82, 2.24) is 31.5 Å². The maximum atomic E-state index is 14.0. The van der Waals surface area contributed by atoms with Crippen molar-refractivity contribution in [3.8, 4) is 28.0 Å². The van der Waals surface area contributed by atoms with Crippen molar-refractivity contribution in [2.75, 3.05) is 135 Å². The minimum absolute atomic E-state index is 0. The predicted octanol–water partition coefficient (Wildman–Crippen LogP) is -3.01. The van der Waals surface area contributed by atoms with Crippen LogP contribution in [0.25, 0.3) is 22.3 Å². The number of aliphatic hydroxyl groups is 6. The van der Waals surface area contributed by atoms with Crippen molar-refractivity contribution < 1.29 is 200 Å². The van der Waals surface area contributed by atoms with E-state index in [4.69, 9.17) is 47.4 Å². The first-order valence-electron chi connectivity index (χ1n) is 42.2. The number of carbonyl (C=O) groups excluding carboxylic acids is 11. The standard InChI is InChI=1S/C90H117N6O28S2.2Na.H2O/c1-60(98)94-79-72(102)55-89(59-97,123-83(79)81(108)74(104)57-92-85(110)66-27-23-64(24-28-66)62-16-6-3-7-17-62)121-38-14-52-126-53-35-91-87(112)68-31-32-70(76(54-68)120-49-48-119-47-46-118-45-44-117-43-42-116-41-40-115-37-12-21-69(100)20-10-5-11-36-96-77(106)33-34-78(96)107)71(101)22-13-50-125-51-15-39-122-90(88(113)114)56-73(103)80(95-61(2)99)84(124-90)82(109)75(105)58-93-86(111)67-29-25-65(26-30-67)63-18-8-4-9-19-63;;;/h3-4,6-9,16-19,23-34,54,72-75,79-84,102-105,108-109H,5,10-15,20-22,35-53,55-58H2,1-2H3,(H,91,112)(H,92,110)(H,93,111)(H,94,98)(H,95,99)(H,113,114);;;1H2/q-1;2*+1;/p-2/t72-,73-,74+,75+,79+,80+,81+,82+,83+,84+,89+,90+;;;/m0.../s1. The van der Waals surface area contributed by atoms with E-state index < -0.39 is 134 Å². The summed E-state index contributed by atoms with van der Waals surface area (Å²) in [5.74, 6) is -8.56. The number of thioether (sulfide) groups is 2. The number of unbranched alkanes of at least 4 members (excludes halogenated alkanes) is 2. The first kappa shape index (κ1) is 112. The first-order chi connectivity index (χ1) is 60.8. The molecule has 0 aromatic heterocycles. The Morgan fingerprint density at radius 1 is 0.504 bits per heavy atom. The second-order valence-corrected chi connectivity index (χ2v) is 32.6. The molecule has 129 heavy (non-hydrogen) atoms. The Labute approximate surface area is 802 Å². The number of rotatable bonds is 61. The van der Waals surface area contributed by atoms with E-state index in [1.165, 1.54) is 65.7 Å². The summed E-state index contributed by atoms with van der Waals surface area (Å²) >= 11 is 2.86. The number of benzene rings is 5. The number of ether oxygens (including phenoxy) is 10. The van der Waals surface area contributed by atoms with Gasteiger partial charge in [-0.3, -0.25) is 48.1 Å². The molecule has 3 heterocycles. The third-order valence-corrected chi connectivity index (χ3v) is 22.8. The van der Waals surface area contributed by atoms with E-state index in [9.17, 15) is 88.5 Å². The molecule has 0 spiro atoms. The molecule has 5 aromatic rings. The number of amides is 7. The van der Waals surface area contributed by atoms with Gasteiger partial charge in [-0.05, 0) is 121 Å². The van der Waals surface area contributed by atoms with Crippen LogP contribution >= 0.6 is 23.5 Å². The molecule has 3 aliphatic rings. The van der Waals surface area contributed by atoms with Gasteiger partial charge >= 0.3 is 59.1 Å². The van der Waals surface area contributed by atoms with E-state index in [0.717, 1.165) is 35.6 Å². The molecule has 2 fully saturated rings. The van der Waals surface area contributed by atoms with Crippen LogP contribution in [-0.2, 0) is 76.2 Å². The fourth-order valence-electron chi connectivity index (χ4n) is 13.9. The summed E-state index contributed by atoms with van der Waals surface area (Å²) in [6, 6.07) is 34.1. The molecule has 0 unspecified atom stereocenters. The Morgan fingerprint density at radius 3 is 1.45 bits per heavy atom. The smallest absolute Gasteiger partial charge is 0.870 e. The fraction of sp³-hybridized carbons (Fsp3) is 0.522. The number of imide groups is 1. The van der Waals surface area contributed by atoms with Crippen LogP contribution in [0.2, 0.25) is 0 Å². The van der Waals surface area contributed by atoms with Crippen LogP contribution in [0.1, 0.15) is 132 Å². The predicted molar refractivity (Wildman–Crippen MR) is 463 cm³/mol. The van der Waals surface area contributed by atoms with E-state index in [-0.39, 0.29) is 182 Å². The summed E-state index contributed by atoms with van der Waals surface area (Å²) in [7, 11) is 0. The molecule has 35 nitrogen and oxygen atoms in total. The van der Waals surface area contributed by atoms with Crippen LogP contribution < -0.4 is 95.5 Å². The Bertz CT molecular complexity index is 4290. The van der Waals surface area contributed by atoms with Crippen molar-refractivity contribution >= 4 is 88.7 Å². The molecule has 8 rings (SSSR count). The van der Waals surface area contributed by atoms with E-state index in [0.29, 0.717) is 114 Å². The Kier molecular flexibility index (Phi) is 52.8. The number of ketones is 2. The maximum Gasteiger partial charge on any atom is 1.00 e. The van der Waals surface area contributed by atoms with E-state index >= 15 is 0 Å². The molecule has 0 aliphatic carbocycles. The molecule has 2 saturated heterocycles. The van der Waals surface area contributed by atoms with E-state index in [2.05, 4.69) is 26.6 Å². The van der Waals surface area contributed by atoms with Crippen LogP contribution in [0.5, 0.6) is 5.75 Å². The normalized spacial score (nSPS) is 19.7. The summed E-state index contributed by atoms with van der Waals surface area (Å²) in [5, 5.41) is 93.5. The molecular formula is C90H117N6Na2O29S2-. The SMILES string of the molecule is CC(=O)N[C@H]1[C@H]([C@H](O)[C@H](O)CNC(=O)c2ccc(-c3ccccc3)cc2)O[C@]([C-]=O)(OCCCSCCNC(=O)c2ccc(C(=O)CCCSCCCO[C@]3(C(=O)[O-])C[C@H](O)[C@@H](NC(C)=O)[C@H]([C@H](O)[C@H](O)CNC(=O)c4ccc(-c5ccccc5)cc4)O3)c(OCCOCCOCCOCCOCCOCCCC(=O)CCCCCN3C(=O)C=CC3=O)c2)C[C@@H]1O.[Na+].[Na+].[OH-]. The molecule has 7 amide bonds. The van der Waals surface area contributed by atoms with Gasteiger partial charge in [-0.2, -0.15) is 23.5 Å². The van der Waals surface area contributed by atoms with Gasteiger partial charge in [-0.25, -0.2) is 6.29 Å². The number of hydrogen-bond acceptors (Lipinski definition) is 31. The van der Waals surface area contributed by atoms with Gasteiger partial charge in [0, 0.05) is 120 Å². The molecule has 3 aliphatic heterocycles. The molecule has 0 radical (unpaired) electrons. The molecule has 5 aromatic carbocycles. The van der Waals surface area contributed by atoms with Crippen molar-refractivity contribution in [1.29, 1.82) is 0 Å². The number of carboxylic acids is 1. The zero-order valence-electron chi connectivity index (χ0n) is 73.3. The zero-order valence-corrected chi connectivity index (χ0v) is 78.9. The number of nitrogens with one attached hydrogen (secondary N) is 5. The minimum atomic E-state index is -2.64. The van der Waals surface area contributed by atoms with Crippen LogP contribution in [0.15, 0.2) is 140 Å². The average Bonchev–Trinajstić information content (AvgIpc) is 0.812. The van der Waals surface area contributed by atoms with Crippen LogP contribution in [0.3, 0.4) is 0 Å². The van der Waals surface area contributed by atoms with Gasteiger partial charge in [0.25, 0.3) is 29.5 Å². The van der Waals surface area contributed by atoms with Gasteiger partial charge in [0.2, 0.25) is 17.6 Å². The summed E-state index contributed by atoms with van der Waals surface area (Å²) in [6.45, 7) is 4.37. The van der Waals surface area contributed by atoms with E-state index in [1.807, 2.05) is 60.7 Å². The minimum Gasteiger partial charge on any atom is -0.870 e. The van der Waals surface area contributed by atoms with Crippen LogP contribution in [0.4, 0.5) is 0 Å². The Morgan fingerprint density at radius 2 is 0.946 bits per heavy atom. The molecule has 12 atom stereocenters. The van der Waals surface area contributed by atoms with Gasteiger partial charge in [0.1, 0.15) is 48.5 Å². The van der Waals surface area contributed by atoms with Crippen LogP contribution in [-0.4, -0.2) is 314 Å². The maximum absolute atomic E-state index is 14.0. The van der Waals surface area contributed by atoms with Crippen LogP contribution in [0, 0.1) is 0 Å². The van der Waals surface area contributed by atoms with Crippen molar-refractivity contribution in [3.05, 3.63) is 162 Å². The van der Waals surface area contributed by atoms with E-state index in [1.54, 1.807) is 54.8 Å². The summed E-state index contributed by atoms with van der Waals surface area (Å²) in [6.07, 6.45) is -6.44. The molecule has 39 heteroatoms. The monoisotopic (exact) mass is 1860 g/mol. The molecule has 696 valence electrons. The summed E-state index contributed by atoms with van der Waals surface area (Å²) < 4.78 is 57.7. The summed E-state index contributed by atoms with van der Waals surface area (Å²) in [4.78, 5) is 141. The fourth-order valence-corrected chi connectivity index (χ4v) is 15.5. The van der Waals surface area contributed by atoms with Gasteiger partial charge in [-0.1, -0.05) is 91.3 Å². The number of aliphatic hydroxyl groups excluding tert-OH is 6. The van der Waals surface area contributed by atoms with Crippen molar-refractivity contribution in [3.63, 3.8) is 0 Å². The number of carboxylic acid groups (broad SMARTS) is 1. The van der Waals surface area contributed by atoms with Crippen molar-refractivity contribution in [2.45, 2.75) is 163 Å². The summed E-state index contributed by atoms with van der Waals surface area (Å²) in [5.41, 5.74) is 4.52. The van der Waals surface area contributed by atoms with Gasteiger partial charge in [0.15, 0.2) is 5.78 Å². The number of aliphatic carboxylic acids is 1. The van der Waals surface area contributed by atoms with Gasteiger partial charge < -0.3 is 125 Å². The molecular weight excluding hydrogens is 1740 g/mol. The van der Waals surface area contributed by atoms with Gasteiger partial charge in [-0.15, -0.1) is 0 Å². The number of Topliss-reactive ketones (excluding diaryl/α,β-unsaturated/α-hetero) is 2. The first-order valence-corrected chi connectivity index (χ1v) is 44.5. The largest absolute Gasteiger partial charge is 1.00 e. The zero-order chi connectivity index (χ0) is 90.6. The third kappa shape index (κ3) is 37.9. The topological polar surface area (TPSA) is 518 Å². The number of carbonyl (C=O) groups is 10.